The molecule has 1 aromatic heterocycles. The quantitative estimate of drug-likeness (QED) is 0.372. The molecule has 3 rings (SSSR count). The number of benzene rings is 2. The monoisotopic (exact) mass is 490 g/mol. The first-order valence-corrected chi connectivity index (χ1v) is 14.3. The van der Waals surface area contributed by atoms with Gasteiger partial charge in [0.2, 0.25) is 20.0 Å². The number of aromatic nitrogens is 1. The highest BCUT2D eigenvalue weighted by Crippen LogP contribution is 2.24. The third-order valence-electron chi connectivity index (χ3n) is 5.03. The Kier molecular flexibility index (Phi) is 7.80. The van der Waals surface area contributed by atoms with Crippen molar-refractivity contribution < 1.29 is 16.8 Å². The number of pyridine rings is 1. The summed E-state index contributed by atoms with van der Waals surface area (Å²) < 4.78 is 52.0. The second kappa shape index (κ2) is 10.4. The topological polar surface area (TPSA) is 117 Å². The molecule has 0 atom stereocenters. The molecule has 0 bridgehead atoms. The molecule has 0 spiro atoms. The molecule has 3 N–H and O–H groups in total. The first-order valence-electron chi connectivity index (χ1n) is 10.8. The lowest BCUT2D eigenvalue weighted by Gasteiger charge is -2.12. The predicted octanol–water partition coefficient (Wildman–Crippen LogP) is 4.11. The molecule has 10 heteroatoms. The molecule has 3 aromatic rings. The molecule has 1 heterocycles. The fourth-order valence-corrected chi connectivity index (χ4v) is 5.22. The Balaban J connectivity index is 1.64. The van der Waals surface area contributed by atoms with Gasteiger partial charge < -0.3 is 5.32 Å². The average molecular weight is 491 g/mol. The summed E-state index contributed by atoms with van der Waals surface area (Å²) in [7, 11) is -6.64. The van der Waals surface area contributed by atoms with Crippen LogP contribution in [0.5, 0.6) is 0 Å². The van der Waals surface area contributed by atoms with Crippen molar-refractivity contribution >= 4 is 48.1 Å². The minimum absolute atomic E-state index is 0.110. The fourth-order valence-electron chi connectivity index (χ4n) is 3.40. The molecule has 2 aromatic carbocycles. The molecule has 0 saturated carbocycles. The molecule has 178 valence electrons. The molecule has 0 unspecified atom stereocenters. The third-order valence-corrected chi connectivity index (χ3v) is 7.01. The number of nitrogens with one attached hydrogen (secondary N) is 3. The lowest BCUT2D eigenvalue weighted by atomic mass is 10.1. The largest absolute Gasteiger partial charge is 0.370 e. The van der Waals surface area contributed by atoms with Gasteiger partial charge in [-0.1, -0.05) is 25.5 Å². The number of hydrogen-bond donors (Lipinski definition) is 3. The molecule has 0 radical (unpaired) electrons. The zero-order valence-electron chi connectivity index (χ0n) is 19.1. The Morgan fingerprint density at radius 1 is 0.909 bits per heavy atom. The zero-order chi connectivity index (χ0) is 24.1. The summed E-state index contributed by atoms with van der Waals surface area (Å²) in [6.45, 7) is 4.59. The highest BCUT2D eigenvalue weighted by atomic mass is 32.2. The van der Waals surface area contributed by atoms with Crippen LogP contribution in [0.2, 0.25) is 0 Å². The molecule has 0 fully saturated rings. The van der Waals surface area contributed by atoms with E-state index in [4.69, 9.17) is 0 Å². The van der Waals surface area contributed by atoms with E-state index in [0.717, 1.165) is 46.9 Å². The molecular formula is C23H30N4O4S2. The van der Waals surface area contributed by atoms with Gasteiger partial charge >= 0.3 is 0 Å². The number of anilines is 3. The van der Waals surface area contributed by atoms with Gasteiger partial charge in [-0.3, -0.25) is 9.44 Å². The number of hydrogen-bond acceptors (Lipinski definition) is 6. The highest BCUT2D eigenvalue weighted by molar-refractivity contribution is 7.92. The maximum atomic E-state index is 12.2. The molecule has 8 nitrogen and oxygen atoms in total. The van der Waals surface area contributed by atoms with E-state index >= 15 is 0 Å². The van der Waals surface area contributed by atoms with Crippen molar-refractivity contribution in [2.24, 2.45) is 0 Å². The van der Waals surface area contributed by atoms with Gasteiger partial charge in [-0.2, -0.15) is 0 Å². The van der Waals surface area contributed by atoms with Crippen molar-refractivity contribution in [3.63, 3.8) is 0 Å². The van der Waals surface area contributed by atoms with E-state index in [-0.39, 0.29) is 5.75 Å². The van der Waals surface area contributed by atoms with Crippen molar-refractivity contribution in [2.45, 2.75) is 33.1 Å². The van der Waals surface area contributed by atoms with E-state index in [0.29, 0.717) is 24.3 Å². The summed E-state index contributed by atoms with van der Waals surface area (Å²) >= 11 is 0. The number of nitrogens with zero attached hydrogens (tertiary/aromatic N) is 1. The van der Waals surface area contributed by atoms with Gasteiger partial charge in [0.1, 0.15) is 5.82 Å². The van der Waals surface area contributed by atoms with Gasteiger partial charge in [-0.15, -0.1) is 0 Å². The molecular weight excluding hydrogens is 460 g/mol. The normalized spacial score (nSPS) is 12.0. The Morgan fingerprint density at radius 2 is 1.61 bits per heavy atom. The maximum Gasteiger partial charge on any atom is 0.232 e. The number of fused-ring (bicyclic) bond motifs is 1. The van der Waals surface area contributed by atoms with Crippen LogP contribution < -0.4 is 14.8 Å². The van der Waals surface area contributed by atoms with E-state index in [9.17, 15) is 16.8 Å². The summed E-state index contributed by atoms with van der Waals surface area (Å²) in [5.41, 5.74) is 3.92. The van der Waals surface area contributed by atoms with Crippen LogP contribution in [0.3, 0.4) is 0 Å². The first kappa shape index (κ1) is 24.8. The Labute approximate surface area is 195 Å². The van der Waals surface area contributed by atoms with Crippen molar-refractivity contribution in [2.75, 3.05) is 33.3 Å². The SMILES string of the molecule is CCCCS(=O)(=O)Nc1ccc2nc(NCCc3ccc(NS(C)(=O)=O)cc3)cc(C)c2c1. The Hall–Kier alpha value is -2.85. The Morgan fingerprint density at radius 3 is 2.27 bits per heavy atom. The number of unbranched alkanes of at least 4 members (excludes halogenated alkanes) is 1. The van der Waals surface area contributed by atoms with Crippen molar-refractivity contribution in [3.8, 4) is 0 Å². The van der Waals surface area contributed by atoms with Crippen LogP contribution in [-0.2, 0) is 26.5 Å². The smallest absolute Gasteiger partial charge is 0.232 e. The summed E-state index contributed by atoms with van der Waals surface area (Å²) in [5.74, 6) is 0.852. The summed E-state index contributed by atoms with van der Waals surface area (Å²) in [6, 6.07) is 14.6. The van der Waals surface area contributed by atoms with E-state index < -0.39 is 20.0 Å². The van der Waals surface area contributed by atoms with Gasteiger partial charge in [0.15, 0.2) is 0 Å². The third kappa shape index (κ3) is 7.61. The fraction of sp³-hybridized carbons (Fsp3) is 0.348. The molecule has 0 amide bonds. The Bertz CT molecular complexity index is 1320. The van der Waals surface area contributed by atoms with Crippen molar-refractivity contribution in [1.82, 2.24) is 4.98 Å². The van der Waals surface area contributed by atoms with E-state index in [2.05, 4.69) is 19.7 Å². The van der Waals surface area contributed by atoms with Gasteiger partial charge in [-0.25, -0.2) is 21.8 Å². The standard InChI is InChI=1S/C23H30N4O4S2/c1-4-5-14-33(30,31)27-20-10-11-22-21(16-20)17(2)15-23(25-22)24-13-12-18-6-8-19(9-7-18)26-32(3,28)29/h6-11,15-16,26-27H,4-5,12-14H2,1-3H3,(H,24,25). The number of sulfonamides is 2. The minimum Gasteiger partial charge on any atom is -0.370 e. The van der Waals surface area contributed by atoms with Crippen LogP contribution in [0.1, 0.15) is 30.9 Å². The summed E-state index contributed by atoms with van der Waals surface area (Å²) in [4.78, 5) is 4.64. The molecule has 33 heavy (non-hydrogen) atoms. The minimum atomic E-state index is -3.35. The highest BCUT2D eigenvalue weighted by Gasteiger charge is 2.11. The lowest BCUT2D eigenvalue weighted by molar-refractivity contribution is 0.597. The number of rotatable bonds is 11. The summed E-state index contributed by atoms with van der Waals surface area (Å²) in [5, 5.41) is 4.21. The molecule has 0 saturated heterocycles. The van der Waals surface area contributed by atoms with Gasteiger partial charge in [-0.05, 0) is 67.3 Å². The predicted molar refractivity (Wildman–Crippen MR) is 136 cm³/mol. The lowest BCUT2D eigenvalue weighted by Crippen LogP contribution is -2.16. The molecule has 0 aliphatic carbocycles. The average Bonchev–Trinajstić information content (AvgIpc) is 2.73. The van der Waals surface area contributed by atoms with E-state index in [1.807, 2.05) is 44.2 Å². The zero-order valence-corrected chi connectivity index (χ0v) is 20.7. The van der Waals surface area contributed by atoms with Crippen LogP contribution >= 0.6 is 0 Å². The maximum absolute atomic E-state index is 12.2. The van der Waals surface area contributed by atoms with Crippen LogP contribution in [-0.4, -0.2) is 40.4 Å². The van der Waals surface area contributed by atoms with Crippen molar-refractivity contribution in [3.05, 3.63) is 59.7 Å². The summed E-state index contributed by atoms with van der Waals surface area (Å²) in [6.07, 6.45) is 3.32. The van der Waals surface area contributed by atoms with Crippen LogP contribution in [0, 0.1) is 6.92 Å². The van der Waals surface area contributed by atoms with Crippen molar-refractivity contribution in [1.29, 1.82) is 0 Å². The van der Waals surface area contributed by atoms with Crippen LogP contribution in [0.15, 0.2) is 48.5 Å². The van der Waals surface area contributed by atoms with Gasteiger partial charge in [0, 0.05) is 23.3 Å². The second-order valence-electron chi connectivity index (χ2n) is 8.08. The number of aryl methyl sites for hydroxylation is 1. The van der Waals surface area contributed by atoms with E-state index in [1.165, 1.54) is 0 Å². The van der Waals surface area contributed by atoms with Crippen LogP contribution in [0.25, 0.3) is 10.9 Å². The first-order chi connectivity index (χ1) is 15.5. The molecule has 0 aliphatic rings. The van der Waals surface area contributed by atoms with Crippen LogP contribution in [0.4, 0.5) is 17.2 Å². The second-order valence-corrected chi connectivity index (χ2v) is 11.7. The van der Waals surface area contributed by atoms with Gasteiger partial charge in [0.05, 0.1) is 17.5 Å². The van der Waals surface area contributed by atoms with E-state index in [1.54, 1.807) is 18.2 Å². The van der Waals surface area contributed by atoms with Gasteiger partial charge in [0.25, 0.3) is 0 Å². The molecule has 0 aliphatic heterocycles.